The van der Waals surface area contributed by atoms with E-state index in [1.54, 1.807) is 18.9 Å². The number of aliphatic imine (C=N–C) groups is 2. The molecule has 1 saturated carbocycles. The van der Waals surface area contributed by atoms with Crippen molar-refractivity contribution >= 4 is 28.5 Å². The number of thioether (sulfide) groups is 1. The predicted molar refractivity (Wildman–Crippen MR) is 129 cm³/mol. The van der Waals surface area contributed by atoms with E-state index in [0.29, 0.717) is 19.1 Å². The molecular weight excluding hydrogens is 408 g/mol. The maximum atomic E-state index is 12.7. The van der Waals surface area contributed by atoms with Crippen molar-refractivity contribution < 1.29 is 9.53 Å². The second kappa shape index (κ2) is 10.1. The van der Waals surface area contributed by atoms with Crippen molar-refractivity contribution in [2.75, 3.05) is 26.0 Å². The monoisotopic (exact) mass is 442 g/mol. The largest absolute Gasteiger partial charge is 0.497 e. The first kappa shape index (κ1) is 22.2. The molecule has 0 bridgehead atoms. The molecule has 2 aliphatic heterocycles. The van der Waals surface area contributed by atoms with Crippen molar-refractivity contribution in [3.63, 3.8) is 0 Å². The van der Waals surface area contributed by atoms with E-state index >= 15 is 0 Å². The Morgan fingerprint density at radius 3 is 2.52 bits per heavy atom. The lowest BCUT2D eigenvalue weighted by Crippen LogP contribution is -2.51. The number of urea groups is 1. The van der Waals surface area contributed by atoms with E-state index in [-0.39, 0.29) is 6.03 Å². The molecule has 168 valence electrons. The minimum Gasteiger partial charge on any atom is -0.497 e. The molecule has 2 heterocycles. The average Bonchev–Trinajstić information content (AvgIpc) is 3.16. The van der Waals surface area contributed by atoms with Gasteiger partial charge in [0.05, 0.1) is 12.8 Å². The Hall–Kier alpha value is -2.02. The second-order valence-electron chi connectivity index (χ2n) is 8.71. The third-order valence-corrected chi connectivity index (χ3v) is 7.59. The molecule has 7 heteroatoms. The van der Waals surface area contributed by atoms with Gasteiger partial charge < -0.3 is 15.0 Å². The van der Waals surface area contributed by atoms with Gasteiger partial charge in [0.25, 0.3) is 0 Å². The van der Waals surface area contributed by atoms with Crippen LogP contribution in [0.2, 0.25) is 0 Å². The molecule has 4 rings (SSSR count). The fraction of sp³-hybridized carbons (Fsp3) is 0.625. The van der Waals surface area contributed by atoms with Crippen molar-refractivity contribution in [2.45, 2.75) is 70.0 Å². The van der Waals surface area contributed by atoms with Crippen LogP contribution in [0, 0.1) is 0 Å². The van der Waals surface area contributed by atoms with Crippen molar-refractivity contribution in [3.8, 4) is 5.75 Å². The number of piperidine rings is 1. The number of nitrogens with one attached hydrogen (secondary N) is 1. The number of carbonyl (C=O) groups excluding carboxylic acids is 1. The molecule has 0 unspecified atom stereocenters. The number of amides is 2. The van der Waals surface area contributed by atoms with Crippen LogP contribution in [0.5, 0.6) is 5.75 Å². The molecule has 3 aliphatic rings. The van der Waals surface area contributed by atoms with E-state index in [1.807, 2.05) is 17.0 Å². The molecule has 6 nitrogen and oxygen atoms in total. The summed E-state index contributed by atoms with van der Waals surface area (Å²) < 4.78 is 5.30. The summed E-state index contributed by atoms with van der Waals surface area (Å²) in [5.41, 5.74) is 1.64. The number of carbonyl (C=O) groups is 1. The number of nitrogens with zero attached hydrogens (tertiary/aromatic N) is 3. The van der Waals surface area contributed by atoms with E-state index in [9.17, 15) is 4.79 Å². The number of hydrogen-bond acceptors (Lipinski definition) is 5. The fourth-order valence-corrected chi connectivity index (χ4v) is 5.50. The third kappa shape index (κ3) is 5.25. The Bertz CT molecular complexity index is 822. The van der Waals surface area contributed by atoms with E-state index in [4.69, 9.17) is 14.7 Å². The minimum atomic E-state index is -0.424. The van der Waals surface area contributed by atoms with Gasteiger partial charge in [-0.15, -0.1) is 11.8 Å². The topological polar surface area (TPSA) is 66.3 Å². The highest BCUT2D eigenvalue weighted by Crippen LogP contribution is 2.36. The van der Waals surface area contributed by atoms with Gasteiger partial charge in [0, 0.05) is 37.5 Å². The van der Waals surface area contributed by atoms with Crippen LogP contribution in [-0.4, -0.2) is 59.3 Å². The molecule has 0 radical (unpaired) electrons. The molecule has 0 aromatic heterocycles. The van der Waals surface area contributed by atoms with Crippen LogP contribution in [0.4, 0.5) is 4.79 Å². The van der Waals surface area contributed by atoms with Crippen LogP contribution in [0.3, 0.4) is 0 Å². The van der Waals surface area contributed by atoms with Crippen LogP contribution in [0.15, 0.2) is 34.3 Å². The summed E-state index contributed by atoms with van der Waals surface area (Å²) in [6.45, 7) is 3.59. The molecule has 2 amide bonds. The zero-order chi connectivity index (χ0) is 21.7. The number of ether oxygens (including phenoxy) is 1. The number of likely N-dealkylation sites (tertiary alicyclic amines) is 1. The van der Waals surface area contributed by atoms with Gasteiger partial charge in [-0.1, -0.05) is 26.2 Å². The van der Waals surface area contributed by atoms with Crippen LogP contribution < -0.4 is 10.1 Å². The molecule has 1 saturated heterocycles. The maximum absolute atomic E-state index is 12.7. The van der Waals surface area contributed by atoms with Gasteiger partial charge >= 0.3 is 6.03 Å². The van der Waals surface area contributed by atoms with Crippen LogP contribution in [0.25, 0.3) is 0 Å². The summed E-state index contributed by atoms with van der Waals surface area (Å²) in [5.74, 6) is 1.87. The average molecular weight is 443 g/mol. The summed E-state index contributed by atoms with van der Waals surface area (Å²) in [5, 5.41) is 4.28. The lowest BCUT2D eigenvalue weighted by atomic mass is 9.95. The zero-order valence-corrected chi connectivity index (χ0v) is 19.5. The lowest BCUT2D eigenvalue weighted by Gasteiger charge is -2.36. The summed E-state index contributed by atoms with van der Waals surface area (Å²) in [6.07, 6.45) is 8.63. The molecule has 31 heavy (non-hydrogen) atoms. The molecule has 1 spiro atoms. The van der Waals surface area contributed by atoms with Crippen molar-refractivity contribution in [1.29, 1.82) is 0 Å². The van der Waals surface area contributed by atoms with Gasteiger partial charge in [-0.3, -0.25) is 4.99 Å². The summed E-state index contributed by atoms with van der Waals surface area (Å²) >= 11 is 1.79. The number of rotatable bonds is 5. The molecule has 1 aliphatic carbocycles. The Balaban J connectivity index is 1.44. The van der Waals surface area contributed by atoms with Crippen molar-refractivity contribution in [1.82, 2.24) is 10.2 Å². The second-order valence-corrected chi connectivity index (χ2v) is 9.79. The first-order valence-corrected chi connectivity index (χ1v) is 12.6. The van der Waals surface area contributed by atoms with Crippen LogP contribution in [-0.2, 0) is 0 Å². The summed E-state index contributed by atoms with van der Waals surface area (Å²) in [7, 11) is 1.68. The van der Waals surface area contributed by atoms with E-state index in [0.717, 1.165) is 59.9 Å². The third-order valence-electron chi connectivity index (χ3n) is 6.42. The van der Waals surface area contributed by atoms with Crippen LogP contribution >= 0.6 is 11.8 Å². The van der Waals surface area contributed by atoms with Crippen molar-refractivity contribution in [3.05, 3.63) is 29.8 Å². The van der Waals surface area contributed by atoms with Gasteiger partial charge in [-0.05, 0) is 49.3 Å². The molecule has 0 atom stereocenters. The smallest absolute Gasteiger partial charge is 0.317 e. The summed E-state index contributed by atoms with van der Waals surface area (Å²) in [4.78, 5) is 25.0. The Morgan fingerprint density at radius 1 is 1.16 bits per heavy atom. The number of benzene rings is 1. The molecular formula is C24H34N4O2S. The Morgan fingerprint density at radius 2 is 1.87 bits per heavy atom. The standard InChI is InChI=1S/C24H34N4O2S/c1-3-17-31-22-21(18-9-11-20(30-2)12-10-18)26-24(27-22)13-15-28(16-14-24)23(29)25-19-7-5-4-6-8-19/h9-12,19H,3-8,13-17H2,1-2H3,(H,25,29). The quantitative estimate of drug-likeness (QED) is 0.707. The first-order valence-electron chi connectivity index (χ1n) is 11.7. The van der Waals surface area contributed by atoms with Gasteiger partial charge in [0.1, 0.15) is 10.8 Å². The maximum Gasteiger partial charge on any atom is 0.317 e. The predicted octanol–water partition coefficient (Wildman–Crippen LogP) is 4.87. The van der Waals surface area contributed by atoms with Crippen LogP contribution in [0.1, 0.15) is 63.9 Å². The van der Waals surface area contributed by atoms with Gasteiger partial charge in [-0.2, -0.15) is 0 Å². The normalized spacial score (nSPS) is 21.0. The summed E-state index contributed by atoms with van der Waals surface area (Å²) in [6, 6.07) is 8.51. The van der Waals surface area contributed by atoms with E-state index in [2.05, 4.69) is 24.4 Å². The fourth-order valence-electron chi connectivity index (χ4n) is 4.56. The lowest BCUT2D eigenvalue weighted by molar-refractivity contribution is 0.158. The Labute approximate surface area is 189 Å². The minimum absolute atomic E-state index is 0.0867. The highest BCUT2D eigenvalue weighted by atomic mass is 32.2. The van der Waals surface area contributed by atoms with E-state index < -0.39 is 5.66 Å². The first-order chi connectivity index (χ1) is 15.1. The molecule has 2 fully saturated rings. The zero-order valence-electron chi connectivity index (χ0n) is 18.7. The Kier molecular flexibility index (Phi) is 7.20. The SMILES string of the molecule is CCCSC1=NC2(CCN(C(=O)NC3CCCCC3)CC2)N=C1c1ccc(OC)cc1. The van der Waals surface area contributed by atoms with Crippen molar-refractivity contribution in [2.24, 2.45) is 9.98 Å². The molecule has 1 N–H and O–H groups in total. The number of hydrogen-bond donors (Lipinski definition) is 1. The van der Waals surface area contributed by atoms with Gasteiger partial charge in [0.15, 0.2) is 5.66 Å². The molecule has 1 aromatic carbocycles. The number of methoxy groups -OCH3 is 1. The van der Waals surface area contributed by atoms with Gasteiger partial charge in [-0.25, -0.2) is 9.79 Å². The highest BCUT2D eigenvalue weighted by Gasteiger charge is 2.40. The molecule has 1 aromatic rings. The van der Waals surface area contributed by atoms with Gasteiger partial charge in [0.2, 0.25) is 0 Å². The highest BCUT2D eigenvalue weighted by molar-refractivity contribution is 8.15. The van der Waals surface area contributed by atoms with E-state index in [1.165, 1.54) is 19.3 Å².